The van der Waals surface area contributed by atoms with Gasteiger partial charge >= 0.3 is 6.09 Å². The van der Waals surface area contributed by atoms with Crippen molar-refractivity contribution in [3.05, 3.63) is 0 Å². The molecule has 1 rings (SSSR count). The highest BCUT2D eigenvalue weighted by atomic mass is 16.6. The van der Waals surface area contributed by atoms with Gasteiger partial charge in [0, 0.05) is 12.8 Å². The van der Waals surface area contributed by atoms with Gasteiger partial charge in [0.1, 0.15) is 5.60 Å². The van der Waals surface area contributed by atoms with Crippen LogP contribution < -0.4 is 10.6 Å². The maximum atomic E-state index is 12.7. The number of Topliss-reactive ketones (excluding diaryl/α,β-unsaturated/α-hetero) is 3. The van der Waals surface area contributed by atoms with E-state index in [4.69, 9.17) is 4.74 Å². The number of ether oxygens (including phenoxy) is 1. The van der Waals surface area contributed by atoms with Gasteiger partial charge in [-0.15, -0.1) is 0 Å². The second-order valence-corrected chi connectivity index (χ2v) is 10.1. The lowest BCUT2D eigenvalue weighted by atomic mass is 9.84. The van der Waals surface area contributed by atoms with Crippen molar-refractivity contribution in [2.24, 2.45) is 11.8 Å². The zero-order valence-corrected chi connectivity index (χ0v) is 20.2. The van der Waals surface area contributed by atoms with Gasteiger partial charge in [0.25, 0.3) is 0 Å². The van der Waals surface area contributed by atoms with Crippen molar-refractivity contribution >= 4 is 23.4 Å². The molecule has 1 aliphatic carbocycles. The van der Waals surface area contributed by atoms with Gasteiger partial charge in [-0.3, -0.25) is 14.4 Å². The van der Waals surface area contributed by atoms with E-state index in [2.05, 4.69) is 10.6 Å². The van der Waals surface area contributed by atoms with Crippen molar-refractivity contribution in [1.82, 2.24) is 10.6 Å². The number of carbonyl (C=O) groups excluding carboxylic acids is 4. The molecule has 0 heterocycles. The summed E-state index contributed by atoms with van der Waals surface area (Å²) >= 11 is 0. The summed E-state index contributed by atoms with van der Waals surface area (Å²) < 4.78 is 5.16. The van der Waals surface area contributed by atoms with Crippen LogP contribution in [0.4, 0.5) is 4.79 Å². The van der Waals surface area contributed by atoms with E-state index in [1.165, 1.54) is 6.42 Å². The minimum absolute atomic E-state index is 0.00809. The molecule has 31 heavy (non-hydrogen) atoms. The molecule has 7 heteroatoms. The molecule has 2 atom stereocenters. The van der Waals surface area contributed by atoms with E-state index in [1.54, 1.807) is 27.7 Å². The number of amides is 1. The van der Waals surface area contributed by atoms with Crippen LogP contribution >= 0.6 is 0 Å². The van der Waals surface area contributed by atoms with Crippen molar-refractivity contribution in [2.45, 2.75) is 111 Å². The second kappa shape index (κ2) is 12.9. The highest BCUT2D eigenvalue weighted by Gasteiger charge is 2.29. The van der Waals surface area contributed by atoms with Crippen LogP contribution in [-0.2, 0) is 19.1 Å². The fourth-order valence-electron chi connectivity index (χ4n) is 3.86. The van der Waals surface area contributed by atoms with Crippen LogP contribution in [-0.4, -0.2) is 47.7 Å². The topological polar surface area (TPSA) is 102 Å². The molecular weight excluding hydrogens is 396 g/mol. The maximum absolute atomic E-state index is 12.7. The van der Waals surface area contributed by atoms with Crippen molar-refractivity contribution in [2.75, 3.05) is 6.54 Å². The highest BCUT2D eigenvalue weighted by molar-refractivity contribution is 6.39. The predicted octanol–water partition coefficient (Wildman–Crippen LogP) is 3.97. The standard InChI is InChI=1S/C24H42N2O5/c1-16(2)21(22(29)20(28)15-18-11-8-7-9-12-18)25-14-10-13-19(27)17(3)26-23(30)31-24(4,5)6/h16-18,21,25H,7-15H2,1-6H3,(H,26,30)/t17-,21-/m0/s1. The zero-order valence-electron chi connectivity index (χ0n) is 20.2. The maximum Gasteiger partial charge on any atom is 0.408 e. The van der Waals surface area contributed by atoms with E-state index in [1.807, 2.05) is 13.8 Å². The van der Waals surface area contributed by atoms with E-state index in [0.717, 1.165) is 25.7 Å². The van der Waals surface area contributed by atoms with Crippen molar-refractivity contribution in [3.8, 4) is 0 Å². The molecule has 0 saturated heterocycles. The predicted molar refractivity (Wildman–Crippen MR) is 121 cm³/mol. The summed E-state index contributed by atoms with van der Waals surface area (Å²) in [5.41, 5.74) is -0.621. The summed E-state index contributed by atoms with van der Waals surface area (Å²) in [6.07, 6.45) is 6.11. The summed E-state index contributed by atoms with van der Waals surface area (Å²) in [7, 11) is 0. The first-order valence-electron chi connectivity index (χ1n) is 11.7. The summed E-state index contributed by atoms with van der Waals surface area (Å²) in [5, 5.41) is 5.71. The molecule has 7 nitrogen and oxygen atoms in total. The molecule has 0 spiro atoms. The molecule has 0 bridgehead atoms. The SMILES string of the molecule is CC(C)[C@H](NCCCC(=O)[C@H](C)NC(=O)OC(C)(C)C)C(=O)C(=O)CC1CCCCC1. The fraction of sp³-hybridized carbons (Fsp3) is 0.833. The quantitative estimate of drug-likeness (QED) is 0.353. The number of carbonyl (C=O) groups is 4. The second-order valence-electron chi connectivity index (χ2n) is 10.1. The molecule has 1 amide bonds. The minimum Gasteiger partial charge on any atom is -0.444 e. The molecule has 0 radical (unpaired) electrons. The van der Waals surface area contributed by atoms with Crippen LogP contribution in [0.5, 0.6) is 0 Å². The normalized spacial score (nSPS) is 17.1. The van der Waals surface area contributed by atoms with E-state index in [-0.39, 0.29) is 29.7 Å². The van der Waals surface area contributed by atoms with Gasteiger partial charge in [0.05, 0.1) is 12.1 Å². The highest BCUT2D eigenvalue weighted by Crippen LogP contribution is 2.26. The Hall–Kier alpha value is -1.76. The Balaban J connectivity index is 2.40. The molecule has 178 valence electrons. The number of rotatable bonds is 12. The van der Waals surface area contributed by atoms with Crippen LogP contribution in [0.15, 0.2) is 0 Å². The molecule has 0 unspecified atom stereocenters. The van der Waals surface area contributed by atoms with Gasteiger partial charge in [-0.25, -0.2) is 4.79 Å². The van der Waals surface area contributed by atoms with Crippen molar-refractivity contribution in [1.29, 1.82) is 0 Å². The van der Waals surface area contributed by atoms with Crippen molar-refractivity contribution < 1.29 is 23.9 Å². The lowest BCUT2D eigenvalue weighted by Crippen LogP contribution is -2.45. The van der Waals surface area contributed by atoms with E-state index in [0.29, 0.717) is 25.3 Å². The summed E-state index contributed by atoms with van der Waals surface area (Å²) in [6, 6.07) is -1.17. The molecule has 0 aromatic rings. The van der Waals surface area contributed by atoms with E-state index < -0.39 is 23.8 Å². The average molecular weight is 439 g/mol. The Morgan fingerprint density at radius 1 is 1.00 bits per heavy atom. The van der Waals surface area contributed by atoms with Crippen LogP contribution in [0.3, 0.4) is 0 Å². The lowest BCUT2D eigenvalue weighted by Gasteiger charge is -2.24. The molecular formula is C24H42N2O5. The number of hydrogen-bond acceptors (Lipinski definition) is 6. The largest absolute Gasteiger partial charge is 0.444 e. The first kappa shape index (κ1) is 27.3. The average Bonchev–Trinajstić information content (AvgIpc) is 2.66. The fourth-order valence-corrected chi connectivity index (χ4v) is 3.86. The Kier molecular flexibility index (Phi) is 11.4. The van der Waals surface area contributed by atoms with Crippen LogP contribution in [0.25, 0.3) is 0 Å². The molecule has 0 aromatic carbocycles. The summed E-state index contributed by atoms with van der Waals surface area (Å²) in [6.45, 7) is 11.2. The molecule has 1 saturated carbocycles. The first-order valence-corrected chi connectivity index (χ1v) is 11.7. The third kappa shape index (κ3) is 10.9. The number of alkyl carbamates (subject to hydrolysis) is 1. The summed E-state index contributed by atoms with van der Waals surface area (Å²) in [4.78, 5) is 49.2. The van der Waals surface area contributed by atoms with Crippen molar-refractivity contribution in [3.63, 3.8) is 0 Å². The van der Waals surface area contributed by atoms with E-state index >= 15 is 0 Å². The van der Waals surface area contributed by atoms with Crippen LogP contribution in [0.2, 0.25) is 0 Å². The van der Waals surface area contributed by atoms with E-state index in [9.17, 15) is 19.2 Å². The summed E-state index contributed by atoms with van der Waals surface area (Å²) in [5.74, 6) is -0.384. The minimum atomic E-state index is -0.644. The molecule has 1 aliphatic rings. The third-order valence-electron chi connectivity index (χ3n) is 5.60. The Morgan fingerprint density at radius 3 is 2.16 bits per heavy atom. The van der Waals surface area contributed by atoms with Gasteiger partial charge in [0.2, 0.25) is 5.78 Å². The van der Waals surface area contributed by atoms with Gasteiger partial charge in [-0.2, -0.15) is 0 Å². The number of nitrogens with one attached hydrogen (secondary N) is 2. The van der Waals surface area contributed by atoms with Gasteiger partial charge in [0.15, 0.2) is 11.6 Å². The molecule has 1 fully saturated rings. The van der Waals surface area contributed by atoms with Gasteiger partial charge in [-0.1, -0.05) is 46.0 Å². The van der Waals surface area contributed by atoms with Gasteiger partial charge < -0.3 is 15.4 Å². The first-order chi connectivity index (χ1) is 14.4. The molecule has 0 aliphatic heterocycles. The smallest absolute Gasteiger partial charge is 0.408 e. The lowest BCUT2D eigenvalue weighted by molar-refractivity contribution is -0.139. The van der Waals surface area contributed by atoms with Crippen LogP contribution in [0, 0.1) is 11.8 Å². The van der Waals surface area contributed by atoms with Gasteiger partial charge in [-0.05, 0) is 52.5 Å². The zero-order chi connectivity index (χ0) is 23.6. The Morgan fingerprint density at radius 2 is 1.61 bits per heavy atom. The number of ketones is 3. The molecule has 0 aromatic heterocycles. The van der Waals surface area contributed by atoms with Crippen LogP contribution in [0.1, 0.15) is 92.9 Å². The Bertz CT molecular complexity index is 618. The Labute approximate surface area is 187 Å². The monoisotopic (exact) mass is 438 g/mol. The molecule has 2 N–H and O–H groups in total. The number of hydrogen-bond donors (Lipinski definition) is 2. The third-order valence-corrected chi connectivity index (χ3v) is 5.60.